The number of benzene rings is 2. The van der Waals surface area contributed by atoms with Crippen LogP contribution in [0.5, 0.6) is 5.75 Å². The molecular weight excluding hydrogens is 399 g/mol. The molecule has 0 fully saturated rings. The number of hydrogen-bond donors (Lipinski definition) is 1. The molecule has 0 unspecified atom stereocenters. The van der Waals surface area contributed by atoms with E-state index >= 15 is 0 Å². The van der Waals surface area contributed by atoms with Gasteiger partial charge in [0.1, 0.15) is 11.3 Å². The first kappa shape index (κ1) is 20.5. The predicted octanol–water partition coefficient (Wildman–Crippen LogP) is 4.09. The number of non-ortho nitro benzene ring substituents is 1. The average Bonchev–Trinajstić information content (AvgIpc) is 2.62. The molecule has 0 saturated heterocycles. The van der Waals surface area contributed by atoms with Gasteiger partial charge in [0.05, 0.1) is 22.7 Å². The molecule has 10 heteroatoms. The number of nitrogens with one attached hydrogen (secondary N) is 1. The summed E-state index contributed by atoms with van der Waals surface area (Å²) in [5, 5.41) is 13.4. The number of hydrogen-bond acceptors (Lipinski definition) is 6. The van der Waals surface area contributed by atoms with E-state index in [4.69, 9.17) is 32.7 Å². The molecule has 2 aromatic rings. The van der Waals surface area contributed by atoms with Crippen LogP contribution in [0.4, 0.5) is 11.4 Å². The summed E-state index contributed by atoms with van der Waals surface area (Å²) in [6.07, 6.45) is -1.17. The maximum atomic E-state index is 12.3. The Morgan fingerprint density at radius 1 is 1.19 bits per heavy atom. The third-order valence-corrected chi connectivity index (χ3v) is 4.00. The van der Waals surface area contributed by atoms with Gasteiger partial charge in [0.2, 0.25) is 0 Å². The standard InChI is InChI=1S/C17H14Cl2N2O6/c1-9(27-17(23)12-7-10(18)3-6-15(12)26-2)16(22)20-14-5-4-11(21(24)25)8-13(14)19/h3-9H,1-2H3,(H,20,22)/t9-/m0/s1. The van der Waals surface area contributed by atoms with Crippen molar-refractivity contribution in [3.8, 4) is 5.75 Å². The Kier molecular flexibility index (Phi) is 6.59. The minimum Gasteiger partial charge on any atom is -0.496 e. The third-order valence-electron chi connectivity index (χ3n) is 3.46. The Labute approximate surface area is 164 Å². The van der Waals surface area contributed by atoms with Crippen molar-refractivity contribution < 1.29 is 24.0 Å². The average molecular weight is 413 g/mol. The van der Waals surface area contributed by atoms with Gasteiger partial charge in [0, 0.05) is 17.2 Å². The first-order valence-corrected chi connectivity index (χ1v) is 8.28. The van der Waals surface area contributed by atoms with Crippen molar-refractivity contribution in [3.05, 3.63) is 62.1 Å². The molecule has 0 aliphatic rings. The largest absolute Gasteiger partial charge is 0.496 e. The minimum atomic E-state index is -1.17. The van der Waals surface area contributed by atoms with Gasteiger partial charge in [0.25, 0.3) is 11.6 Å². The number of methoxy groups -OCH3 is 1. The summed E-state index contributed by atoms with van der Waals surface area (Å²) in [4.78, 5) is 34.6. The van der Waals surface area contributed by atoms with Crippen molar-refractivity contribution in [2.45, 2.75) is 13.0 Å². The predicted molar refractivity (Wildman–Crippen MR) is 99.6 cm³/mol. The van der Waals surface area contributed by atoms with E-state index in [0.29, 0.717) is 5.02 Å². The molecule has 1 atom stereocenters. The Morgan fingerprint density at radius 2 is 1.89 bits per heavy atom. The second-order valence-corrected chi connectivity index (χ2v) is 6.15. The molecule has 0 spiro atoms. The van der Waals surface area contributed by atoms with Crippen LogP contribution in [0.2, 0.25) is 10.0 Å². The van der Waals surface area contributed by atoms with Gasteiger partial charge in [-0.3, -0.25) is 14.9 Å². The summed E-state index contributed by atoms with van der Waals surface area (Å²) in [7, 11) is 1.38. The van der Waals surface area contributed by atoms with Crippen LogP contribution in [-0.4, -0.2) is 30.0 Å². The van der Waals surface area contributed by atoms with E-state index in [1.54, 1.807) is 6.07 Å². The van der Waals surface area contributed by atoms with Crippen molar-refractivity contribution in [2.24, 2.45) is 0 Å². The fourth-order valence-electron chi connectivity index (χ4n) is 2.07. The highest BCUT2D eigenvalue weighted by atomic mass is 35.5. The first-order chi connectivity index (χ1) is 12.7. The van der Waals surface area contributed by atoms with Crippen molar-refractivity contribution in [1.82, 2.24) is 0 Å². The number of ether oxygens (including phenoxy) is 2. The van der Waals surface area contributed by atoms with Crippen molar-refractivity contribution >= 4 is 46.5 Å². The van der Waals surface area contributed by atoms with Gasteiger partial charge in [0.15, 0.2) is 6.10 Å². The summed E-state index contributed by atoms with van der Waals surface area (Å²) in [6.45, 7) is 1.36. The van der Waals surface area contributed by atoms with Crippen LogP contribution in [0, 0.1) is 10.1 Å². The molecule has 1 amide bonds. The maximum absolute atomic E-state index is 12.3. The Balaban J connectivity index is 2.09. The summed E-state index contributed by atoms with van der Waals surface area (Å²) in [6, 6.07) is 7.98. The lowest BCUT2D eigenvalue weighted by Gasteiger charge is -2.15. The van der Waals surface area contributed by atoms with Crippen LogP contribution in [0.3, 0.4) is 0 Å². The number of nitrogens with zero attached hydrogens (tertiary/aromatic N) is 1. The van der Waals surface area contributed by atoms with E-state index in [1.165, 1.54) is 38.3 Å². The molecule has 0 radical (unpaired) electrons. The van der Waals surface area contributed by atoms with Crippen LogP contribution < -0.4 is 10.1 Å². The van der Waals surface area contributed by atoms with Gasteiger partial charge in [-0.25, -0.2) is 4.79 Å². The number of nitro groups is 1. The van der Waals surface area contributed by atoms with Crippen LogP contribution >= 0.6 is 23.2 Å². The number of rotatable bonds is 6. The van der Waals surface area contributed by atoms with Crippen LogP contribution in [-0.2, 0) is 9.53 Å². The number of nitro benzene ring substituents is 1. The molecule has 0 aromatic heterocycles. The zero-order valence-electron chi connectivity index (χ0n) is 14.2. The molecule has 0 bridgehead atoms. The fraction of sp³-hybridized carbons (Fsp3) is 0.176. The maximum Gasteiger partial charge on any atom is 0.342 e. The molecule has 142 valence electrons. The number of amides is 1. The Bertz CT molecular complexity index is 903. The fourth-order valence-corrected chi connectivity index (χ4v) is 2.46. The Morgan fingerprint density at radius 3 is 2.48 bits per heavy atom. The number of anilines is 1. The topological polar surface area (TPSA) is 108 Å². The van der Waals surface area contributed by atoms with Gasteiger partial charge >= 0.3 is 5.97 Å². The number of esters is 1. The van der Waals surface area contributed by atoms with Gasteiger partial charge in [-0.2, -0.15) is 0 Å². The highest BCUT2D eigenvalue weighted by Crippen LogP contribution is 2.27. The normalized spacial score (nSPS) is 11.4. The van der Waals surface area contributed by atoms with Gasteiger partial charge in [-0.1, -0.05) is 23.2 Å². The molecule has 2 aromatic carbocycles. The lowest BCUT2D eigenvalue weighted by Crippen LogP contribution is -2.30. The van der Waals surface area contributed by atoms with E-state index < -0.39 is 22.9 Å². The first-order valence-electron chi connectivity index (χ1n) is 7.52. The molecule has 0 heterocycles. The zero-order chi connectivity index (χ0) is 20.1. The van der Waals surface area contributed by atoms with E-state index in [1.807, 2.05) is 0 Å². The molecule has 2 rings (SSSR count). The molecule has 0 aliphatic carbocycles. The quantitative estimate of drug-likeness (QED) is 0.434. The molecule has 1 N–H and O–H groups in total. The van der Waals surface area contributed by atoms with E-state index in [0.717, 1.165) is 6.07 Å². The van der Waals surface area contributed by atoms with Crippen LogP contribution in [0.25, 0.3) is 0 Å². The van der Waals surface area contributed by atoms with Crippen molar-refractivity contribution in [1.29, 1.82) is 0 Å². The lowest BCUT2D eigenvalue weighted by molar-refractivity contribution is -0.384. The lowest BCUT2D eigenvalue weighted by atomic mass is 10.2. The van der Waals surface area contributed by atoms with Gasteiger partial charge < -0.3 is 14.8 Å². The summed E-state index contributed by atoms with van der Waals surface area (Å²) in [5.41, 5.74) is -0.000883. The summed E-state index contributed by atoms with van der Waals surface area (Å²) >= 11 is 11.8. The SMILES string of the molecule is COc1ccc(Cl)cc1C(=O)O[C@@H](C)C(=O)Nc1ccc([N+](=O)[O-])cc1Cl. The molecule has 0 saturated carbocycles. The van der Waals surface area contributed by atoms with E-state index in [-0.39, 0.29) is 27.7 Å². The zero-order valence-corrected chi connectivity index (χ0v) is 15.7. The second kappa shape index (κ2) is 8.70. The molecule has 8 nitrogen and oxygen atoms in total. The number of halogens is 2. The third kappa shape index (κ3) is 5.08. The summed E-state index contributed by atoms with van der Waals surface area (Å²) in [5.74, 6) is -1.22. The van der Waals surface area contributed by atoms with Gasteiger partial charge in [-0.05, 0) is 31.2 Å². The minimum absolute atomic E-state index is 0.0208. The summed E-state index contributed by atoms with van der Waals surface area (Å²) < 4.78 is 10.2. The monoisotopic (exact) mass is 412 g/mol. The van der Waals surface area contributed by atoms with Crippen LogP contribution in [0.1, 0.15) is 17.3 Å². The molecular formula is C17H14Cl2N2O6. The molecule has 27 heavy (non-hydrogen) atoms. The Hall–Kier alpha value is -2.84. The van der Waals surface area contributed by atoms with E-state index in [9.17, 15) is 19.7 Å². The van der Waals surface area contributed by atoms with Crippen molar-refractivity contribution in [3.63, 3.8) is 0 Å². The van der Waals surface area contributed by atoms with Crippen LogP contribution in [0.15, 0.2) is 36.4 Å². The second-order valence-electron chi connectivity index (χ2n) is 5.30. The van der Waals surface area contributed by atoms with Gasteiger partial charge in [-0.15, -0.1) is 0 Å². The molecule has 0 aliphatic heterocycles. The van der Waals surface area contributed by atoms with Crippen molar-refractivity contribution in [2.75, 3.05) is 12.4 Å². The highest BCUT2D eigenvalue weighted by molar-refractivity contribution is 6.34. The number of carbonyl (C=O) groups excluding carboxylic acids is 2. The van der Waals surface area contributed by atoms with E-state index in [2.05, 4.69) is 5.32 Å². The highest BCUT2D eigenvalue weighted by Gasteiger charge is 2.22. The smallest absolute Gasteiger partial charge is 0.342 e. The number of carbonyl (C=O) groups is 2.